The van der Waals surface area contributed by atoms with E-state index in [0.717, 1.165) is 21.5 Å². The van der Waals surface area contributed by atoms with Crippen LogP contribution in [0.15, 0.2) is 54.6 Å². The summed E-state index contributed by atoms with van der Waals surface area (Å²) in [5.41, 5.74) is 0. The van der Waals surface area contributed by atoms with Gasteiger partial charge in [0.2, 0.25) is 0 Å². The van der Waals surface area contributed by atoms with Crippen molar-refractivity contribution in [2.24, 2.45) is 0 Å². The predicted molar refractivity (Wildman–Crippen MR) is 81.9 cm³/mol. The number of benzene rings is 3. The molecule has 0 amide bonds. The number of hydrogen-bond donors (Lipinski definition) is 1. The minimum atomic E-state index is -4.14. The predicted octanol–water partition coefficient (Wildman–Crippen LogP) is 4.80. The molecule has 20 heavy (non-hydrogen) atoms. The van der Waals surface area contributed by atoms with Gasteiger partial charge in [-0.15, -0.1) is 0 Å². The summed E-state index contributed by atoms with van der Waals surface area (Å²) < 4.78 is 20.9. The molecule has 0 saturated carbocycles. The zero-order valence-electron chi connectivity index (χ0n) is 10.2. The van der Waals surface area contributed by atoms with Crippen LogP contribution in [-0.4, -0.2) is 4.89 Å². The first-order chi connectivity index (χ1) is 9.59. The molecule has 1 unspecified atom stereocenters. The van der Waals surface area contributed by atoms with Gasteiger partial charge < -0.3 is 4.52 Å². The van der Waals surface area contributed by atoms with Crippen molar-refractivity contribution in [3.63, 3.8) is 0 Å². The van der Waals surface area contributed by atoms with Crippen molar-refractivity contribution in [3.05, 3.63) is 54.6 Å². The Morgan fingerprint density at radius 3 is 2.30 bits per heavy atom. The largest absolute Gasteiger partial charge is 0.538 e. The van der Waals surface area contributed by atoms with Crippen LogP contribution in [0, 0.1) is 0 Å². The van der Waals surface area contributed by atoms with E-state index in [-0.39, 0.29) is 0 Å². The topological polar surface area (TPSA) is 55.8 Å². The van der Waals surface area contributed by atoms with E-state index in [1.807, 2.05) is 42.5 Å². The highest BCUT2D eigenvalue weighted by molar-refractivity contribution is 9.06. The highest BCUT2D eigenvalue weighted by atomic mass is 79.9. The molecular formula is C14H10BrO4P. The summed E-state index contributed by atoms with van der Waals surface area (Å²) >= 11 is 2.49. The highest BCUT2D eigenvalue weighted by Crippen LogP contribution is 2.47. The molecule has 0 spiro atoms. The molecule has 3 aromatic carbocycles. The lowest BCUT2D eigenvalue weighted by Gasteiger charge is -2.12. The second-order valence-corrected chi connectivity index (χ2v) is 6.43. The molecule has 0 saturated heterocycles. The van der Waals surface area contributed by atoms with E-state index in [1.54, 1.807) is 12.1 Å². The zero-order valence-corrected chi connectivity index (χ0v) is 12.7. The molecular weight excluding hydrogens is 343 g/mol. The molecule has 0 aliphatic rings. The molecule has 0 aromatic heterocycles. The molecule has 0 aliphatic carbocycles. The van der Waals surface area contributed by atoms with Crippen LogP contribution in [0.3, 0.4) is 0 Å². The Morgan fingerprint density at radius 2 is 1.60 bits per heavy atom. The van der Waals surface area contributed by atoms with Crippen LogP contribution in [0.25, 0.3) is 21.5 Å². The van der Waals surface area contributed by atoms with Gasteiger partial charge in [0.15, 0.2) is 0 Å². The number of phosphoric ester groups is 1. The number of phosphoric acid groups is 1. The summed E-state index contributed by atoms with van der Waals surface area (Å²) in [6.07, 6.45) is 0. The van der Waals surface area contributed by atoms with Gasteiger partial charge >= 0.3 is 7.82 Å². The van der Waals surface area contributed by atoms with Crippen LogP contribution < -0.4 is 4.52 Å². The van der Waals surface area contributed by atoms with E-state index < -0.39 is 7.82 Å². The van der Waals surface area contributed by atoms with Gasteiger partial charge in [-0.2, -0.15) is 3.62 Å². The molecule has 6 heteroatoms. The fourth-order valence-electron chi connectivity index (χ4n) is 2.16. The lowest BCUT2D eigenvalue weighted by Crippen LogP contribution is -1.92. The molecule has 0 fully saturated rings. The summed E-state index contributed by atoms with van der Waals surface area (Å²) in [6, 6.07) is 17.2. The van der Waals surface area contributed by atoms with Gasteiger partial charge in [-0.05, 0) is 34.4 Å². The molecule has 0 radical (unpaired) electrons. The van der Waals surface area contributed by atoms with E-state index in [9.17, 15) is 9.46 Å². The van der Waals surface area contributed by atoms with Gasteiger partial charge in [0.05, 0.1) is 0 Å². The van der Waals surface area contributed by atoms with E-state index in [2.05, 4.69) is 19.9 Å². The first kappa shape index (κ1) is 13.6. The monoisotopic (exact) mass is 352 g/mol. The Bertz CT molecular complexity index is 834. The minimum absolute atomic E-state index is 0.304. The summed E-state index contributed by atoms with van der Waals surface area (Å²) in [5, 5.41) is 3.81. The maximum absolute atomic E-state index is 11.5. The minimum Gasteiger partial charge on any atom is -0.403 e. The van der Waals surface area contributed by atoms with Crippen molar-refractivity contribution >= 4 is 45.6 Å². The van der Waals surface area contributed by atoms with Crippen molar-refractivity contribution in [1.29, 1.82) is 0 Å². The fraction of sp³-hybridized carbons (Fsp3) is 0. The molecule has 0 bridgehead atoms. The van der Waals surface area contributed by atoms with Gasteiger partial charge in [-0.1, -0.05) is 36.4 Å². The van der Waals surface area contributed by atoms with Crippen LogP contribution in [0.2, 0.25) is 0 Å². The SMILES string of the molecule is O=P(O)(OBr)Oc1cccc2cc3ccccc3cc12. The third kappa shape index (κ3) is 2.58. The Hall–Kier alpha value is -1.39. The normalized spacial score (nSPS) is 14.3. The number of rotatable bonds is 3. The molecule has 102 valence electrons. The maximum Gasteiger partial charge on any atom is 0.538 e. The fourth-order valence-corrected chi connectivity index (χ4v) is 2.77. The quantitative estimate of drug-likeness (QED) is 0.543. The standard InChI is InChI=1S/C14H10BrO4P/c15-19-20(16,17)18-14-7-3-6-12-8-10-4-1-2-5-11(10)9-13(12)14/h1-9H,(H,16,17). The third-order valence-corrected chi connectivity index (χ3v) is 4.71. The first-order valence-electron chi connectivity index (χ1n) is 5.83. The molecule has 0 heterocycles. The van der Waals surface area contributed by atoms with Gasteiger partial charge in [0.25, 0.3) is 0 Å². The van der Waals surface area contributed by atoms with E-state index in [4.69, 9.17) is 4.52 Å². The summed E-state index contributed by atoms with van der Waals surface area (Å²) in [5.74, 6) is 0.304. The van der Waals surface area contributed by atoms with E-state index in [0.29, 0.717) is 5.75 Å². The molecule has 0 aliphatic heterocycles. The zero-order chi connectivity index (χ0) is 14.2. The summed E-state index contributed by atoms with van der Waals surface area (Å²) in [6.45, 7) is 0. The van der Waals surface area contributed by atoms with Crippen LogP contribution in [0.1, 0.15) is 0 Å². The lowest BCUT2D eigenvalue weighted by atomic mass is 10.0. The van der Waals surface area contributed by atoms with Crippen LogP contribution in [0.5, 0.6) is 5.75 Å². The molecule has 3 aromatic rings. The van der Waals surface area contributed by atoms with Crippen molar-refractivity contribution in [1.82, 2.24) is 0 Å². The van der Waals surface area contributed by atoms with E-state index in [1.165, 1.54) is 0 Å². The smallest absolute Gasteiger partial charge is 0.403 e. The van der Waals surface area contributed by atoms with Gasteiger partial charge in [-0.3, -0.25) is 4.89 Å². The maximum atomic E-state index is 11.5. The number of halogens is 1. The molecule has 1 atom stereocenters. The second kappa shape index (κ2) is 5.19. The van der Waals surface area contributed by atoms with Gasteiger partial charge in [-0.25, -0.2) is 4.57 Å². The Labute approximate surface area is 124 Å². The molecule has 4 nitrogen and oxygen atoms in total. The van der Waals surface area contributed by atoms with Crippen LogP contribution in [-0.2, 0) is 8.18 Å². The molecule has 1 N–H and O–H groups in total. The van der Waals surface area contributed by atoms with Gasteiger partial charge in [0.1, 0.15) is 22.0 Å². The van der Waals surface area contributed by atoms with E-state index >= 15 is 0 Å². The molecule has 3 rings (SSSR count). The Morgan fingerprint density at radius 1 is 0.950 bits per heavy atom. The second-order valence-electron chi connectivity index (χ2n) is 4.31. The average Bonchev–Trinajstić information content (AvgIpc) is 2.45. The Balaban J connectivity index is 2.23. The van der Waals surface area contributed by atoms with Crippen molar-refractivity contribution in [2.45, 2.75) is 0 Å². The Kier molecular flexibility index (Phi) is 3.52. The summed E-state index contributed by atoms with van der Waals surface area (Å²) in [7, 11) is -4.14. The van der Waals surface area contributed by atoms with Crippen LogP contribution in [0.4, 0.5) is 0 Å². The van der Waals surface area contributed by atoms with Crippen molar-refractivity contribution < 1.29 is 17.6 Å². The van der Waals surface area contributed by atoms with Crippen molar-refractivity contribution in [2.75, 3.05) is 0 Å². The summed E-state index contributed by atoms with van der Waals surface area (Å²) in [4.78, 5) is 9.41. The highest BCUT2D eigenvalue weighted by Gasteiger charge is 2.23. The first-order valence-corrected chi connectivity index (χ1v) is 7.98. The average molecular weight is 353 g/mol. The van der Waals surface area contributed by atoms with Gasteiger partial charge in [0, 0.05) is 5.39 Å². The van der Waals surface area contributed by atoms with Crippen molar-refractivity contribution in [3.8, 4) is 5.75 Å². The lowest BCUT2D eigenvalue weighted by molar-refractivity contribution is 0.313. The third-order valence-electron chi connectivity index (χ3n) is 3.01. The number of hydrogen-bond acceptors (Lipinski definition) is 3. The number of fused-ring (bicyclic) bond motifs is 2. The van der Waals surface area contributed by atoms with Crippen LogP contribution >= 0.6 is 24.1 Å².